The van der Waals surface area contributed by atoms with Crippen LogP contribution in [-0.2, 0) is 30.8 Å². The molecule has 62 heavy (non-hydrogen) atoms. The summed E-state index contributed by atoms with van der Waals surface area (Å²) in [7, 11) is 1.36. The molecule has 4 aliphatic rings. The summed E-state index contributed by atoms with van der Waals surface area (Å²) in [5.41, 5.74) is 2.56. The van der Waals surface area contributed by atoms with Gasteiger partial charge in [-0.25, -0.2) is 4.98 Å². The molecule has 0 bridgehead atoms. The summed E-state index contributed by atoms with van der Waals surface area (Å²) in [5.74, 6) is -8.29. The number of rotatable bonds is 8. The van der Waals surface area contributed by atoms with Gasteiger partial charge in [-0.15, -0.1) is 0 Å². The van der Waals surface area contributed by atoms with Crippen molar-refractivity contribution in [2.45, 2.75) is 30.4 Å². The zero-order valence-electron chi connectivity index (χ0n) is 32.3. The number of hydrazine groups is 1. The summed E-state index contributed by atoms with van der Waals surface area (Å²) in [6.45, 7) is 0. The molecule has 1 aromatic heterocycles. The van der Waals surface area contributed by atoms with Crippen molar-refractivity contribution in [1.82, 2.24) is 9.99 Å². The van der Waals surface area contributed by atoms with Gasteiger partial charge in [0.2, 0.25) is 11.8 Å². The quantitative estimate of drug-likeness (QED) is 0.102. The zero-order valence-corrected chi connectivity index (χ0v) is 35.4. The molecule has 6 atom stereocenters. The number of benzene rings is 4. The second-order valence-corrected chi connectivity index (χ2v) is 17.3. The molecule has 9 rings (SSSR count). The van der Waals surface area contributed by atoms with Crippen LogP contribution in [0.5, 0.6) is 11.5 Å². The molecule has 6 unspecified atom stereocenters. The Morgan fingerprint density at radius 3 is 2.24 bits per heavy atom. The molecule has 0 spiro atoms. The number of pyridine rings is 1. The highest BCUT2D eigenvalue weighted by Crippen LogP contribution is 2.65. The maximum Gasteiger partial charge on any atom is 0.417 e. The van der Waals surface area contributed by atoms with Crippen LogP contribution in [-0.4, -0.2) is 45.8 Å². The van der Waals surface area contributed by atoms with E-state index in [1.807, 2.05) is 36.4 Å². The Kier molecular flexibility index (Phi) is 10.3. The molecule has 316 valence electrons. The zero-order chi connectivity index (χ0) is 43.8. The first-order valence-corrected chi connectivity index (χ1v) is 20.9. The summed E-state index contributed by atoms with van der Waals surface area (Å²) < 4.78 is 46.8. The molecule has 5 aromatic rings. The Labute approximate surface area is 370 Å². The summed E-state index contributed by atoms with van der Waals surface area (Å²) in [4.78, 5) is 64.7. The van der Waals surface area contributed by atoms with Gasteiger partial charge >= 0.3 is 6.18 Å². The lowest BCUT2D eigenvalue weighted by Gasteiger charge is -2.50. The number of imide groups is 2. The second kappa shape index (κ2) is 15.5. The molecule has 2 aliphatic heterocycles. The molecule has 2 saturated heterocycles. The second-order valence-electron chi connectivity index (χ2n) is 15.5. The highest BCUT2D eigenvalue weighted by atomic mass is 79.9. The SMILES string of the molecule is COc1cc(Br)cc(C2C3=CCC4C(=O)N(c5ccc(Nc6ccccc6)cc5)C(=O)C4C3CC3C(=O)N(Nc4ncc(C(F)(F)F)cc4Cl)C(=O)C32c2ccc(Cl)cc2)c1O. The normalized spacial score (nSPS) is 24.4. The van der Waals surface area contributed by atoms with Gasteiger partial charge in [-0.3, -0.25) is 29.5 Å². The van der Waals surface area contributed by atoms with Crippen LogP contribution in [0.25, 0.3) is 0 Å². The fraction of sp³-hybridized carbons (Fsp3) is 0.222. The number of alkyl halides is 3. The number of phenols is 1. The molecular weight excluding hydrogens is 914 g/mol. The fourth-order valence-corrected chi connectivity index (χ4v) is 10.5. The van der Waals surface area contributed by atoms with Gasteiger partial charge in [-0.05, 0) is 91.1 Å². The van der Waals surface area contributed by atoms with E-state index in [-0.39, 0.29) is 29.9 Å². The molecule has 17 heteroatoms. The van der Waals surface area contributed by atoms with E-state index in [1.165, 1.54) is 18.1 Å². The number of allylic oxidation sites excluding steroid dienone is 2. The van der Waals surface area contributed by atoms with E-state index < -0.39 is 81.2 Å². The van der Waals surface area contributed by atoms with Crippen molar-refractivity contribution in [2.75, 3.05) is 22.8 Å². The number of para-hydroxylation sites is 1. The number of aromatic hydroxyl groups is 1. The Morgan fingerprint density at radius 2 is 1.58 bits per heavy atom. The molecule has 3 fully saturated rings. The van der Waals surface area contributed by atoms with Crippen molar-refractivity contribution in [3.05, 3.63) is 146 Å². The smallest absolute Gasteiger partial charge is 0.417 e. The summed E-state index contributed by atoms with van der Waals surface area (Å²) in [5, 5.41) is 15.8. The van der Waals surface area contributed by atoms with Gasteiger partial charge in [0.1, 0.15) is 0 Å². The van der Waals surface area contributed by atoms with E-state index in [9.17, 15) is 27.9 Å². The first kappa shape index (κ1) is 41.5. The van der Waals surface area contributed by atoms with Crippen molar-refractivity contribution in [2.24, 2.45) is 23.7 Å². The number of carbonyl (C=O) groups is 4. The topological polar surface area (TPSA) is 141 Å². The van der Waals surface area contributed by atoms with Crippen molar-refractivity contribution >= 4 is 85.6 Å². The average molecular weight is 948 g/mol. The maximum absolute atomic E-state index is 15.5. The van der Waals surface area contributed by atoms with Crippen LogP contribution in [0.3, 0.4) is 0 Å². The first-order chi connectivity index (χ1) is 29.6. The molecular formula is C45H33BrCl2F3N5O6. The van der Waals surface area contributed by atoms with Gasteiger partial charge in [0.05, 0.1) is 46.6 Å². The van der Waals surface area contributed by atoms with E-state index in [0.29, 0.717) is 43.6 Å². The summed E-state index contributed by atoms with van der Waals surface area (Å²) in [6, 6.07) is 26.4. The number of ether oxygens (including phenoxy) is 1. The average Bonchev–Trinajstić information content (AvgIpc) is 3.63. The Bertz CT molecular complexity index is 2710. The van der Waals surface area contributed by atoms with Gasteiger partial charge in [-0.2, -0.15) is 18.2 Å². The number of anilines is 4. The third-order valence-electron chi connectivity index (χ3n) is 12.3. The minimum absolute atomic E-state index is 0.0459. The number of fused-ring (bicyclic) bond motifs is 4. The number of halogens is 6. The number of carbonyl (C=O) groups excluding carboxylic acids is 4. The van der Waals surface area contributed by atoms with E-state index in [1.54, 1.807) is 54.6 Å². The molecule has 3 N–H and O–H groups in total. The highest BCUT2D eigenvalue weighted by Gasteiger charge is 2.71. The molecule has 2 aliphatic carbocycles. The van der Waals surface area contributed by atoms with Crippen LogP contribution < -0.4 is 20.4 Å². The Balaban J connectivity index is 1.18. The number of nitrogens with one attached hydrogen (secondary N) is 2. The third-order valence-corrected chi connectivity index (χ3v) is 13.3. The lowest BCUT2D eigenvalue weighted by Crippen LogP contribution is -2.53. The van der Waals surface area contributed by atoms with E-state index in [4.69, 9.17) is 27.9 Å². The van der Waals surface area contributed by atoms with Crippen molar-refractivity contribution in [1.29, 1.82) is 0 Å². The lowest BCUT2D eigenvalue weighted by atomic mass is 9.49. The van der Waals surface area contributed by atoms with Crippen LogP contribution in [0.4, 0.5) is 36.1 Å². The number of hydrogen-bond donors (Lipinski definition) is 3. The van der Waals surface area contributed by atoms with Crippen molar-refractivity contribution < 1.29 is 42.2 Å². The van der Waals surface area contributed by atoms with Gasteiger partial charge < -0.3 is 15.2 Å². The number of methoxy groups -OCH3 is 1. The highest BCUT2D eigenvalue weighted by molar-refractivity contribution is 9.10. The molecule has 4 aromatic carbocycles. The van der Waals surface area contributed by atoms with Crippen molar-refractivity contribution in [3.63, 3.8) is 0 Å². The van der Waals surface area contributed by atoms with Gasteiger partial charge in [0.15, 0.2) is 17.3 Å². The van der Waals surface area contributed by atoms with E-state index in [0.717, 1.165) is 11.4 Å². The van der Waals surface area contributed by atoms with Crippen molar-refractivity contribution in [3.8, 4) is 11.5 Å². The fourth-order valence-electron chi connectivity index (χ4n) is 9.73. The third kappa shape index (κ3) is 6.59. The molecule has 3 heterocycles. The van der Waals surface area contributed by atoms with E-state index >= 15 is 9.59 Å². The summed E-state index contributed by atoms with van der Waals surface area (Å²) in [6.07, 6.45) is -2.44. The molecule has 11 nitrogen and oxygen atoms in total. The van der Waals surface area contributed by atoms with Crippen LogP contribution in [0.1, 0.15) is 35.4 Å². The Hall–Kier alpha value is -5.90. The van der Waals surface area contributed by atoms with Gasteiger partial charge in [-0.1, -0.05) is 81.1 Å². The Morgan fingerprint density at radius 1 is 0.887 bits per heavy atom. The predicted molar refractivity (Wildman–Crippen MR) is 228 cm³/mol. The predicted octanol–water partition coefficient (Wildman–Crippen LogP) is 9.82. The number of amides is 4. The maximum atomic E-state index is 15.5. The van der Waals surface area contributed by atoms with Crippen LogP contribution in [0, 0.1) is 23.7 Å². The molecule has 1 saturated carbocycles. The van der Waals surface area contributed by atoms with Crippen LogP contribution in [0.15, 0.2) is 119 Å². The first-order valence-electron chi connectivity index (χ1n) is 19.3. The number of phenolic OH excluding ortho intramolecular Hbond substituents is 1. The number of hydrogen-bond acceptors (Lipinski definition) is 9. The van der Waals surface area contributed by atoms with Crippen LogP contribution >= 0.6 is 39.1 Å². The minimum atomic E-state index is -4.78. The minimum Gasteiger partial charge on any atom is -0.504 e. The van der Waals surface area contributed by atoms with Gasteiger partial charge in [0.25, 0.3) is 11.8 Å². The standard InChI is InChI=1S/C45H33BrCl2F3N5O6/c1-62-35-19-24(46)18-32(38(35)57)37-29-15-16-30-36(42(60)55(40(30)58)28-13-11-27(12-14-28)53-26-5-3-2-4-6-26)31(29)20-33-41(59)56(43(61)44(33,37)22-7-9-25(47)10-8-22)54-39-34(48)17-23(21-52-39)45(49,50)51/h2-15,17-19,21,30-31,33,36-37,53,57H,16,20H2,1H3,(H,52,54). The molecule has 4 amide bonds. The molecule has 0 radical (unpaired) electrons. The van der Waals surface area contributed by atoms with E-state index in [2.05, 4.69) is 31.7 Å². The van der Waals surface area contributed by atoms with Gasteiger partial charge in [0, 0.05) is 38.5 Å². The largest absolute Gasteiger partial charge is 0.504 e. The monoisotopic (exact) mass is 945 g/mol. The summed E-state index contributed by atoms with van der Waals surface area (Å²) >= 11 is 16.2. The van der Waals surface area contributed by atoms with Crippen LogP contribution in [0.2, 0.25) is 10.0 Å². The lowest BCUT2D eigenvalue weighted by molar-refractivity contribution is -0.139. The number of nitrogens with zero attached hydrogens (tertiary/aromatic N) is 3. The number of aromatic nitrogens is 1.